The van der Waals surface area contributed by atoms with E-state index >= 15 is 0 Å². The van der Waals surface area contributed by atoms with Crippen molar-refractivity contribution >= 4 is 28.1 Å². The first-order chi connectivity index (χ1) is 14.0. The molecule has 2 aromatic rings. The number of ether oxygens (including phenoxy) is 1. The number of phenols is 3. The Kier molecular flexibility index (Phi) is 4.16. The number of fused-ring (bicyclic) bond motifs is 3. The van der Waals surface area contributed by atoms with Gasteiger partial charge in [-0.15, -0.1) is 0 Å². The first kappa shape index (κ1) is 19.9. The predicted octanol–water partition coefficient (Wildman–Crippen LogP) is 1.04. The first-order valence-corrected chi connectivity index (χ1v) is 9.03. The van der Waals surface area contributed by atoms with E-state index in [0.29, 0.717) is 0 Å². The number of phenolic OH excluding ortho intramolecular Hbond substituents is 3. The second-order valence-corrected chi connectivity index (χ2v) is 7.53. The summed E-state index contributed by atoms with van der Waals surface area (Å²) >= 11 is 0. The van der Waals surface area contributed by atoms with Crippen LogP contribution in [0.2, 0.25) is 0 Å². The number of aliphatic hydroxyl groups is 2. The molecule has 0 fully saturated rings. The van der Waals surface area contributed by atoms with Crippen LogP contribution in [-0.2, 0) is 20.7 Å². The Balaban J connectivity index is 2.06. The van der Waals surface area contributed by atoms with Crippen LogP contribution >= 0.6 is 0 Å². The van der Waals surface area contributed by atoms with Gasteiger partial charge in [0.2, 0.25) is 5.78 Å². The second-order valence-electron chi connectivity index (χ2n) is 7.53. The fourth-order valence-electron chi connectivity index (χ4n) is 4.55. The van der Waals surface area contributed by atoms with Crippen LogP contribution in [0.15, 0.2) is 29.5 Å². The summed E-state index contributed by atoms with van der Waals surface area (Å²) in [6.07, 6.45) is -1.56. The smallest absolute Gasteiger partial charge is 0.206 e. The SMILES string of the molecule is CO[C@@H]1C(=O)C(C(C)=O)=C(O)[C@@]2(O)C(=O)c3c(cc4cc(O)cc(O)c4c3O)C[C@@H]12. The van der Waals surface area contributed by atoms with Gasteiger partial charge < -0.3 is 30.3 Å². The number of carbonyl (C=O) groups is 3. The second kappa shape index (κ2) is 6.28. The first-order valence-electron chi connectivity index (χ1n) is 9.03. The zero-order chi connectivity index (χ0) is 22.1. The summed E-state index contributed by atoms with van der Waals surface area (Å²) in [5, 5.41) is 52.6. The highest BCUT2D eigenvalue weighted by atomic mass is 16.5. The van der Waals surface area contributed by atoms with E-state index in [9.17, 15) is 39.9 Å². The van der Waals surface area contributed by atoms with Crippen LogP contribution in [0.5, 0.6) is 17.2 Å². The molecule has 4 rings (SSSR count). The number of aliphatic hydroxyl groups excluding tert-OH is 1. The van der Waals surface area contributed by atoms with Crippen molar-refractivity contribution in [1.82, 2.24) is 0 Å². The van der Waals surface area contributed by atoms with E-state index in [0.717, 1.165) is 13.0 Å². The van der Waals surface area contributed by atoms with E-state index in [-0.39, 0.29) is 34.1 Å². The molecule has 0 heterocycles. The monoisotopic (exact) mass is 414 g/mol. The molecule has 0 unspecified atom stereocenters. The number of hydrogen-bond donors (Lipinski definition) is 5. The highest BCUT2D eigenvalue weighted by Gasteiger charge is 2.61. The van der Waals surface area contributed by atoms with Crippen LogP contribution in [0.25, 0.3) is 10.8 Å². The summed E-state index contributed by atoms with van der Waals surface area (Å²) in [7, 11) is 1.18. The van der Waals surface area contributed by atoms with Crippen molar-refractivity contribution in [2.45, 2.75) is 25.0 Å². The third-order valence-corrected chi connectivity index (χ3v) is 5.88. The lowest BCUT2D eigenvalue weighted by Gasteiger charge is -2.45. The van der Waals surface area contributed by atoms with Gasteiger partial charge in [-0.2, -0.15) is 0 Å². The molecule has 0 aromatic heterocycles. The minimum atomic E-state index is -2.68. The van der Waals surface area contributed by atoms with Gasteiger partial charge >= 0.3 is 0 Å². The molecule has 2 aliphatic carbocycles. The van der Waals surface area contributed by atoms with E-state index in [1.54, 1.807) is 0 Å². The largest absolute Gasteiger partial charge is 0.508 e. The topological polar surface area (TPSA) is 162 Å². The van der Waals surface area contributed by atoms with Crippen LogP contribution in [0.1, 0.15) is 22.8 Å². The third-order valence-electron chi connectivity index (χ3n) is 5.88. The van der Waals surface area contributed by atoms with Gasteiger partial charge in [0, 0.05) is 19.1 Å². The maximum atomic E-state index is 13.3. The Morgan fingerprint density at radius 3 is 2.40 bits per heavy atom. The van der Waals surface area contributed by atoms with E-state index in [4.69, 9.17) is 4.74 Å². The van der Waals surface area contributed by atoms with Gasteiger partial charge in [0.1, 0.15) is 34.7 Å². The van der Waals surface area contributed by atoms with Gasteiger partial charge in [0.05, 0.1) is 10.9 Å². The molecule has 9 heteroatoms. The summed E-state index contributed by atoms with van der Waals surface area (Å²) in [4.78, 5) is 38.0. The van der Waals surface area contributed by atoms with Crippen LogP contribution in [0, 0.1) is 5.92 Å². The minimum absolute atomic E-state index is 0.132. The minimum Gasteiger partial charge on any atom is -0.508 e. The Labute approximate surface area is 169 Å². The van der Waals surface area contributed by atoms with Crippen molar-refractivity contribution in [3.05, 3.63) is 40.7 Å². The van der Waals surface area contributed by atoms with Gasteiger partial charge in [-0.1, -0.05) is 0 Å². The average molecular weight is 414 g/mol. The number of benzene rings is 2. The molecule has 156 valence electrons. The Bertz CT molecular complexity index is 1190. The molecule has 30 heavy (non-hydrogen) atoms. The van der Waals surface area contributed by atoms with Crippen molar-refractivity contribution in [2.75, 3.05) is 7.11 Å². The molecule has 0 saturated heterocycles. The fourth-order valence-corrected chi connectivity index (χ4v) is 4.55. The van der Waals surface area contributed by atoms with Crippen molar-refractivity contribution in [3.8, 4) is 17.2 Å². The van der Waals surface area contributed by atoms with E-state index < -0.39 is 57.8 Å². The van der Waals surface area contributed by atoms with Gasteiger partial charge in [-0.05, 0) is 36.4 Å². The molecule has 0 amide bonds. The van der Waals surface area contributed by atoms with E-state index in [1.807, 2.05) is 0 Å². The maximum absolute atomic E-state index is 13.3. The number of Topliss-reactive ketones (excluding diaryl/α,β-unsaturated/α-hetero) is 3. The molecule has 5 N–H and O–H groups in total. The molecule has 0 aliphatic heterocycles. The van der Waals surface area contributed by atoms with Gasteiger partial charge in [0.25, 0.3) is 0 Å². The van der Waals surface area contributed by atoms with Crippen molar-refractivity contribution < 1.29 is 44.7 Å². The lowest BCUT2D eigenvalue weighted by atomic mass is 9.62. The Morgan fingerprint density at radius 2 is 1.80 bits per heavy atom. The van der Waals surface area contributed by atoms with E-state index in [2.05, 4.69) is 0 Å². The summed E-state index contributed by atoms with van der Waals surface area (Å²) in [6, 6.07) is 3.68. The molecule has 0 radical (unpaired) electrons. The standard InChI is InChI=1S/C21H18O9/c1-7(22)13-17(26)18(30-2)11-5-9-3-8-4-10(23)6-12(24)14(8)16(25)15(9)20(28)21(11,29)19(13)27/h3-4,6,11,18,23-25,27,29H,5H2,1-2H3/t11-,18-,21+/m0/s1. The number of rotatable bonds is 2. The molecule has 2 aromatic carbocycles. The fraction of sp³-hybridized carbons (Fsp3) is 0.286. The highest BCUT2D eigenvalue weighted by Crippen LogP contribution is 2.49. The summed E-state index contributed by atoms with van der Waals surface area (Å²) in [5.74, 6) is -6.59. The number of hydrogen-bond acceptors (Lipinski definition) is 9. The van der Waals surface area contributed by atoms with Crippen LogP contribution in [-0.4, -0.2) is 61.7 Å². The summed E-state index contributed by atoms with van der Waals surface area (Å²) < 4.78 is 5.18. The maximum Gasteiger partial charge on any atom is 0.206 e. The predicted molar refractivity (Wildman–Crippen MR) is 102 cm³/mol. The van der Waals surface area contributed by atoms with Gasteiger partial charge in [0.15, 0.2) is 17.2 Å². The Morgan fingerprint density at radius 1 is 1.13 bits per heavy atom. The lowest BCUT2D eigenvalue weighted by molar-refractivity contribution is -0.141. The van der Waals surface area contributed by atoms with Crippen molar-refractivity contribution in [2.24, 2.45) is 5.92 Å². The summed E-state index contributed by atoms with van der Waals surface area (Å²) in [5.41, 5.74) is -3.55. The molecule has 0 saturated carbocycles. The molecule has 3 atom stereocenters. The quantitative estimate of drug-likeness (QED) is 0.452. The molecule has 0 spiro atoms. The van der Waals surface area contributed by atoms with Gasteiger partial charge in [-0.25, -0.2) is 0 Å². The zero-order valence-corrected chi connectivity index (χ0v) is 16.0. The van der Waals surface area contributed by atoms with Crippen molar-refractivity contribution in [1.29, 1.82) is 0 Å². The molecule has 9 nitrogen and oxygen atoms in total. The molecular formula is C21H18O9. The number of carbonyl (C=O) groups excluding carboxylic acids is 3. The number of aromatic hydroxyl groups is 3. The lowest BCUT2D eigenvalue weighted by Crippen LogP contribution is -2.61. The third kappa shape index (κ3) is 2.33. The Hall–Kier alpha value is -3.43. The molecule has 0 bridgehead atoms. The molecular weight excluding hydrogens is 396 g/mol. The number of methoxy groups -OCH3 is 1. The zero-order valence-electron chi connectivity index (χ0n) is 16.0. The van der Waals surface area contributed by atoms with Crippen LogP contribution < -0.4 is 0 Å². The number of ketones is 3. The van der Waals surface area contributed by atoms with Gasteiger partial charge in [-0.3, -0.25) is 14.4 Å². The molecule has 2 aliphatic rings. The van der Waals surface area contributed by atoms with E-state index in [1.165, 1.54) is 19.2 Å². The average Bonchev–Trinajstić information content (AvgIpc) is 2.64. The van der Waals surface area contributed by atoms with Crippen LogP contribution in [0.3, 0.4) is 0 Å². The van der Waals surface area contributed by atoms with Crippen molar-refractivity contribution in [3.63, 3.8) is 0 Å². The summed E-state index contributed by atoms with van der Waals surface area (Å²) in [6.45, 7) is 1.01. The highest BCUT2D eigenvalue weighted by molar-refractivity contribution is 6.25. The normalized spacial score (nSPS) is 26.0. The van der Waals surface area contributed by atoms with Crippen LogP contribution in [0.4, 0.5) is 0 Å².